The molecule has 0 unspecified atom stereocenters. The molecule has 3 rings (SSSR count). The molecule has 3 heteroatoms. The monoisotopic (exact) mass is 256 g/mol. The van der Waals surface area contributed by atoms with Crippen molar-refractivity contribution in [1.29, 1.82) is 0 Å². The molecule has 0 fully saturated rings. The first-order chi connectivity index (χ1) is 9.24. The standard InChI is InChI=1S/C16H17FN2/c17-14-5-2-6-15(18)16(14)19-10-11-7-8-12-3-1-4-13(12)9-11/h2,5-9,19H,1,3-4,10,18H2. The molecule has 1 aliphatic rings. The smallest absolute Gasteiger partial charge is 0.148 e. The highest BCUT2D eigenvalue weighted by Gasteiger charge is 2.11. The Morgan fingerprint density at radius 2 is 1.95 bits per heavy atom. The quantitative estimate of drug-likeness (QED) is 0.825. The first kappa shape index (κ1) is 12.0. The van der Waals surface area contributed by atoms with Crippen LogP contribution in [0.1, 0.15) is 23.1 Å². The number of rotatable bonds is 3. The van der Waals surface area contributed by atoms with Crippen molar-refractivity contribution in [3.05, 3.63) is 58.9 Å². The van der Waals surface area contributed by atoms with Gasteiger partial charge in [0.1, 0.15) is 5.82 Å². The number of fused-ring (bicyclic) bond motifs is 1. The summed E-state index contributed by atoms with van der Waals surface area (Å²) >= 11 is 0. The van der Waals surface area contributed by atoms with Crippen LogP contribution >= 0.6 is 0 Å². The molecule has 2 aromatic carbocycles. The van der Waals surface area contributed by atoms with Gasteiger partial charge in [0.15, 0.2) is 0 Å². The summed E-state index contributed by atoms with van der Waals surface area (Å²) in [5.41, 5.74) is 10.7. The van der Waals surface area contributed by atoms with Gasteiger partial charge >= 0.3 is 0 Å². The van der Waals surface area contributed by atoms with E-state index in [9.17, 15) is 4.39 Å². The Kier molecular flexibility index (Phi) is 3.11. The van der Waals surface area contributed by atoms with Crippen molar-refractivity contribution in [2.45, 2.75) is 25.8 Å². The minimum absolute atomic E-state index is 0.304. The summed E-state index contributed by atoms with van der Waals surface area (Å²) in [5, 5.41) is 3.09. The van der Waals surface area contributed by atoms with Crippen LogP contribution < -0.4 is 11.1 Å². The molecule has 0 saturated carbocycles. The lowest BCUT2D eigenvalue weighted by Gasteiger charge is -2.11. The topological polar surface area (TPSA) is 38.0 Å². The lowest BCUT2D eigenvalue weighted by Crippen LogP contribution is -2.05. The maximum Gasteiger partial charge on any atom is 0.148 e. The molecule has 0 spiro atoms. The molecular weight excluding hydrogens is 239 g/mol. The average Bonchev–Trinajstić information content (AvgIpc) is 2.85. The molecule has 0 aliphatic heterocycles. The fraction of sp³-hybridized carbons (Fsp3) is 0.250. The van der Waals surface area contributed by atoms with Gasteiger partial charge in [-0.3, -0.25) is 0 Å². The average molecular weight is 256 g/mol. The molecule has 0 saturated heterocycles. The fourth-order valence-corrected chi connectivity index (χ4v) is 2.65. The van der Waals surface area contributed by atoms with Crippen molar-refractivity contribution in [3.63, 3.8) is 0 Å². The molecule has 0 atom stereocenters. The van der Waals surface area contributed by atoms with Crippen LogP contribution in [0, 0.1) is 5.82 Å². The zero-order valence-electron chi connectivity index (χ0n) is 10.7. The summed E-state index contributed by atoms with van der Waals surface area (Å²) in [6.07, 6.45) is 3.58. The maximum absolute atomic E-state index is 13.6. The van der Waals surface area contributed by atoms with E-state index >= 15 is 0 Å². The van der Waals surface area contributed by atoms with Crippen LogP contribution in [-0.4, -0.2) is 0 Å². The number of para-hydroxylation sites is 1. The fourth-order valence-electron chi connectivity index (χ4n) is 2.65. The van der Waals surface area contributed by atoms with Crippen molar-refractivity contribution in [1.82, 2.24) is 0 Å². The third-order valence-electron chi connectivity index (χ3n) is 3.68. The van der Waals surface area contributed by atoms with Gasteiger partial charge in [-0.1, -0.05) is 24.3 Å². The van der Waals surface area contributed by atoms with Crippen LogP contribution in [0.4, 0.5) is 15.8 Å². The van der Waals surface area contributed by atoms with E-state index in [2.05, 4.69) is 23.5 Å². The Morgan fingerprint density at radius 3 is 2.79 bits per heavy atom. The lowest BCUT2D eigenvalue weighted by molar-refractivity contribution is 0.631. The lowest BCUT2D eigenvalue weighted by atomic mass is 10.1. The first-order valence-corrected chi connectivity index (χ1v) is 6.62. The highest BCUT2D eigenvalue weighted by atomic mass is 19.1. The number of nitrogen functional groups attached to an aromatic ring is 1. The third-order valence-corrected chi connectivity index (χ3v) is 3.68. The second-order valence-corrected chi connectivity index (χ2v) is 5.01. The molecule has 19 heavy (non-hydrogen) atoms. The summed E-state index contributed by atoms with van der Waals surface area (Å²) in [4.78, 5) is 0. The van der Waals surface area contributed by atoms with Gasteiger partial charge in [0, 0.05) is 6.54 Å². The summed E-state index contributed by atoms with van der Waals surface area (Å²) in [7, 11) is 0. The minimum Gasteiger partial charge on any atom is -0.397 e. The second kappa shape index (κ2) is 4.92. The van der Waals surface area contributed by atoms with Crippen molar-refractivity contribution in [2.24, 2.45) is 0 Å². The van der Waals surface area contributed by atoms with Crippen LogP contribution in [0.5, 0.6) is 0 Å². The molecule has 3 N–H and O–H groups in total. The highest BCUT2D eigenvalue weighted by Crippen LogP contribution is 2.25. The Labute approximate surface area is 112 Å². The second-order valence-electron chi connectivity index (χ2n) is 5.01. The Morgan fingerprint density at radius 1 is 1.11 bits per heavy atom. The van der Waals surface area contributed by atoms with E-state index in [1.165, 1.54) is 35.6 Å². The molecule has 2 nitrogen and oxygen atoms in total. The summed E-state index contributed by atoms with van der Waals surface area (Å²) in [6.45, 7) is 0.596. The van der Waals surface area contributed by atoms with Crippen LogP contribution in [-0.2, 0) is 19.4 Å². The van der Waals surface area contributed by atoms with E-state index in [1.54, 1.807) is 12.1 Å². The number of nitrogens with one attached hydrogen (secondary N) is 1. The molecule has 0 heterocycles. The van der Waals surface area contributed by atoms with Gasteiger partial charge in [-0.05, 0) is 48.1 Å². The van der Waals surface area contributed by atoms with Crippen LogP contribution in [0.15, 0.2) is 36.4 Å². The molecule has 0 bridgehead atoms. The largest absolute Gasteiger partial charge is 0.397 e. The van der Waals surface area contributed by atoms with E-state index in [4.69, 9.17) is 5.73 Å². The number of anilines is 2. The van der Waals surface area contributed by atoms with E-state index in [1.807, 2.05) is 0 Å². The first-order valence-electron chi connectivity index (χ1n) is 6.62. The van der Waals surface area contributed by atoms with Gasteiger partial charge in [-0.25, -0.2) is 4.39 Å². The summed E-state index contributed by atoms with van der Waals surface area (Å²) in [6, 6.07) is 11.2. The van der Waals surface area contributed by atoms with Crippen molar-refractivity contribution in [2.75, 3.05) is 11.1 Å². The van der Waals surface area contributed by atoms with Crippen molar-refractivity contribution in [3.8, 4) is 0 Å². The van der Waals surface area contributed by atoms with Gasteiger partial charge in [-0.15, -0.1) is 0 Å². The Bertz CT molecular complexity index is 587. The van der Waals surface area contributed by atoms with Gasteiger partial charge < -0.3 is 11.1 Å². The Balaban J connectivity index is 1.76. The van der Waals surface area contributed by atoms with Crippen molar-refractivity contribution >= 4 is 11.4 Å². The zero-order chi connectivity index (χ0) is 13.2. The van der Waals surface area contributed by atoms with Crippen LogP contribution in [0.3, 0.4) is 0 Å². The predicted molar refractivity (Wildman–Crippen MR) is 76.6 cm³/mol. The van der Waals surface area contributed by atoms with E-state index in [0.717, 1.165) is 6.42 Å². The van der Waals surface area contributed by atoms with Gasteiger partial charge in [0.2, 0.25) is 0 Å². The van der Waals surface area contributed by atoms with E-state index in [0.29, 0.717) is 17.9 Å². The summed E-state index contributed by atoms with van der Waals surface area (Å²) in [5.74, 6) is -0.304. The molecule has 0 amide bonds. The molecule has 0 aromatic heterocycles. The van der Waals surface area contributed by atoms with Crippen molar-refractivity contribution < 1.29 is 4.39 Å². The molecule has 2 aromatic rings. The number of benzene rings is 2. The molecule has 1 aliphatic carbocycles. The predicted octanol–water partition coefficient (Wildman–Crippen LogP) is 3.51. The number of hydrogen-bond acceptors (Lipinski definition) is 2. The molecule has 0 radical (unpaired) electrons. The summed E-state index contributed by atoms with van der Waals surface area (Å²) < 4.78 is 13.6. The number of aryl methyl sites for hydroxylation is 2. The SMILES string of the molecule is Nc1cccc(F)c1NCc1ccc2c(c1)CCC2. The van der Waals surface area contributed by atoms with E-state index in [-0.39, 0.29) is 5.82 Å². The third kappa shape index (κ3) is 2.41. The Hall–Kier alpha value is -2.03. The highest BCUT2D eigenvalue weighted by molar-refractivity contribution is 5.66. The number of halogens is 1. The van der Waals surface area contributed by atoms with Crippen LogP contribution in [0.25, 0.3) is 0 Å². The normalized spacial score (nSPS) is 13.3. The van der Waals surface area contributed by atoms with Gasteiger partial charge in [0.25, 0.3) is 0 Å². The maximum atomic E-state index is 13.6. The van der Waals surface area contributed by atoms with Crippen LogP contribution in [0.2, 0.25) is 0 Å². The number of hydrogen-bond donors (Lipinski definition) is 2. The molecule has 98 valence electrons. The van der Waals surface area contributed by atoms with E-state index < -0.39 is 0 Å². The zero-order valence-corrected chi connectivity index (χ0v) is 10.7. The molecular formula is C16H17FN2. The number of nitrogens with two attached hydrogens (primary N) is 1. The minimum atomic E-state index is -0.304. The van der Waals surface area contributed by atoms with Gasteiger partial charge in [0.05, 0.1) is 11.4 Å². The van der Waals surface area contributed by atoms with Gasteiger partial charge in [-0.2, -0.15) is 0 Å².